The number of hydrogen-bond acceptors (Lipinski definition) is 3. The summed E-state index contributed by atoms with van der Waals surface area (Å²) in [7, 11) is 0. The minimum absolute atomic E-state index is 0.0364. The van der Waals surface area contributed by atoms with Crippen molar-refractivity contribution in [2.75, 3.05) is 6.26 Å². The molecule has 0 spiro atoms. The standard InChI is InChI=1S/C8H12N2OS/c1-4-10-7(11)5-6(2)9-8(10)12-3/h5H,4H2,1-3H3. The Labute approximate surface area is 75.8 Å². The Kier molecular flexibility index (Phi) is 2.92. The first-order chi connectivity index (χ1) is 5.69. The topological polar surface area (TPSA) is 34.9 Å². The Balaban J connectivity index is 3.34. The van der Waals surface area contributed by atoms with Crippen LogP contribution in [0.15, 0.2) is 16.0 Å². The molecule has 0 atom stereocenters. The molecule has 0 aromatic carbocycles. The van der Waals surface area contributed by atoms with E-state index in [2.05, 4.69) is 4.98 Å². The molecule has 0 saturated heterocycles. The lowest BCUT2D eigenvalue weighted by Gasteiger charge is -2.06. The molecule has 0 bridgehead atoms. The van der Waals surface area contributed by atoms with E-state index in [4.69, 9.17) is 0 Å². The molecule has 1 aromatic heterocycles. The fourth-order valence-electron chi connectivity index (χ4n) is 1.04. The highest BCUT2D eigenvalue weighted by Crippen LogP contribution is 2.08. The van der Waals surface area contributed by atoms with Gasteiger partial charge in [-0.3, -0.25) is 9.36 Å². The molecule has 4 heteroatoms. The molecule has 0 amide bonds. The molecule has 0 fully saturated rings. The molecule has 0 aliphatic carbocycles. The van der Waals surface area contributed by atoms with Crippen LogP contribution >= 0.6 is 11.8 Å². The van der Waals surface area contributed by atoms with Crippen LogP contribution in [0.4, 0.5) is 0 Å². The van der Waals surface area contributed by atoms with Crippen molar-refractivity contribution in [1.29, 1.82) is 0 Å². The molecular weight excluding hydrogens is 172 g/mol. The third kappa shape index (κ3) is 1.69. The van der Waals surface area contributed by atoms with Gasteiger partial charge in [0.05, 0.1) is 0 Å². The summed E-state index contributed by atoms with van der Waals surface area (Å²) in [6, 6.07) is 1.56. The predicted molar refractivity (Wildman–Crippen MR) is 50.7 cm³/mol. The Bertz CT molecular complexity index is 332. The van der Waals surface area contributed by atoms with Crippen LogP contribution < -0.4 is 5.56 Å². The maximum Gasteiger partial charge on any atom is 0.254 e. The Morgan fingerprint density at radius 3 is 2.83 bits per heavy atom. The van der Waals surface area contributed by atoms with E-state index >= 15 is 0 Å². The van der Waals surface area contributed by atoms with Gasteiger partial charge in [0.25, 0.3) is 5.56 Å². The number of hydrogen-bond donors (Lipinski definition) is 0. The molecule has 0 N–H and O–H groups in total. The van der Waals surface area contributed by atoms with Crippen LogP contribution in [0.1, 0.15) is 12.6 Å². The van der Waals surface area contributed by atoms with Gasteiger partial charge in [-0.15, -0.1) is 0 Å². The van der Waals surface area contributed by atoms with Crippen molar-refractivity contribution >= 4 is 11.8 Å². The summed E-state index contributed by atoms with van der Waals surface area (Å²) in [5.74, 6) is 0. The molecule has 0 radical (unpaired) electrons. The number of aryl methyl sites for hydroxylation is 1. The summed E-state index contributed by atoms with van der Waals surface area (Å²) >= 11 is 1.50. The first-order valence-corrected chi connectivity index (χ1v) is 5.04. The Morgan fingerprint density at radius 1 is 1.67 bits per heavy atom. The van der Waals surface area contributed by atoms with Gasteiger partial charge in [0, 0.05) is 18.3 Å². The SMILES string of the molecule is CCn1c(SC)nc(C)cc1=O. The molecule has 1 heterocycles. The molecule has 12 heavy (non-hydrogen) atoms. The molecule has 1 rings (SSSR count). The summed E-state index contributed by atoms with van der Waals surface area (Å²) in [6.45, 7) is 4.46. The lowest BCUT2D eigenvalue weighted by molar-refractivity contribution is 0.617. The minimum atomic E-state index is 0.0364. The van der Waals surface area contributed by atoms with E-state index in [0.717, 1.165) is 10.9 Å². The van der Waals surface area contributed by atoms with Crippen molar-refractivity contribution in [3.63, 3.8) is 0 Å². The summed E-state index contributed by atoms with van der Waals surface area (Å²) in [6.07, 6.45) is 1.92. The second-order valence-electron chi connectivity index (χ2n) is 2.47. The van der Waals surface area contributed by atoms with Crippen molar-refractivity contribution in [1.82, 2.24) is 9.55 Å². The minimum Gasteiger partial charge on any atom is -0.288 e. The smallest absolute Gasteiger partial charge is 0.254 e. The Hall–Kier alpha value is -0.770. The molecule has 0 aliphatic rings. The first kappa shape index (κ1) is 9.32. The van der Waals surface area contributed by atoms with Crippen molar-refractivity contribution in [3.8, 4) is 0 Å². The predicted octanol–water partition coefficient (Wildman–Crippen LogP) is 1.29. The molecule has 0 aliphatic heterocycles. The van der Waals surface area contributed by atoms with Gasteiger partial charge in [0.1, 0.15) is 0 Å². The van der Waals surface area contributed by atoms with Gasteiger partial charge in [0.2, 0.25) is 0 Å². The van der Waals surface area contributed by atoms with Gasteiger partial charge in [-0.1, -0.05) is 11.8 Å². The quantitative estimate of drug-likeness (QED) is 0.513. The van der Waals surface area contributed by atoms with Crippen LogP contribution in [-0.2, 0) is 6.54 Å². The van der Waals surface area contributed by atoms with Crippen LogP contribution in [0.5, 0.6) is 0 Å². The fraction of sp³-hybridized carbons (Fsp3) is 0.500. The average molecular weight is 184 g/mol. The van der Waals surface area contributed by atoms with Crippen LogP contribution in [0, 0.1) is 6.92 Å². The van der Waals surface area contributed by atoms with E-state index in [1.54, 1.807) is 10.6 Å². The maximum absolute atomic E-state index is 11.4. The number of nitrogens with zero attached hydrogens (tertiary/aromatic N) is 2. The third-order valence-electron chi connectivity index (χ3n) is 1.60. The third-order valence-corrected chi connectivity index (χ3v) is 2.28. The zero-order chi connectivity index (χ0) is 9.14. The highest BCUT2D eigenvalue weighted by molar-refractivity contribution is 7.98. The fourth-order valence-corrected chi connectivity index (χ4v) is 1.72. The first-order valence-electron chi connectivity index (χ1n) is 3.81. The van der Waals surface area contributed by atoms with Crippen molar-refractivity contribution in [2.45, 2.75) is 25.5 Å². The molecule has 0 unspecified atom stereocenters. The van der Waals surface area contributed by atoms with Crippen molar-refractivity contribution < 1.29 is 0 Å². The molecule has 3 nitrogen and oxygen atoms in total. The largest absolute Gasteiger partial charge is 0.288 e. The van der Waals surface area contributed by atoms with Gasteiger partial charge in [-0.25, -0.2) is 4.98 Å². The molecule has 66 valence electrons. The van der Waals surface area contributed by atoms with Gasteiger partial charge < -0.3 is 0 Å². The Morgan fingerprint density at radius 2 is 2.33 bits per heavy atom. The maximum atomic E-state index is 11.4. The van der Waals surface area contributed by atoms with E-state index < -0.39 is 0 Å². The summed E-state index contributed by atoms with van der Waals surface area (Å²) < 4.78 is 1.66. The number of thioether (sulfide) groups is 1. The summed E-state index contributed by atoms with van der Waals surface area (Å²) in [5, 5.41) is 0.794. The van der Waals surface area contributed by atoms with Crippen LogP contribution in [0.3, 0.4) is 0 Å². The van der Waals surface area contributed by atoms with E-state index in [1.165, 1.54) is 11.8 Å². The second-order valence-corrected chi connectivity index (χ2v) is 3.24. The monoisotopic (exact) mass is 184 g/mol. The van der Waals surface area contributed by atoms with Gasteiger partial charge in [0.15, 0.2) is 5.16 Å². The molecule has 1 aromatic rings. The van der Waals surface area contributed by atoms with E-state index in [1.807, 2.05) is 20.1 Å². The molecular formula is C8H12N2OS. The van der Waals surface area contributed by atoms with E-state index in [0.29, 0.717) is 6.54 Å². The van der Waals surface area contributed by atoms with Gasteiger partial charge >= 0.3 is 0 Å². The second kappa shape index (κ2) is 3.76. The van der Waals surface area contributed by atoms with Crippen LogP contribution in [-0.4, -0.2) is 15.8 Å². The zero-order valence-corrected chi connectivity index (χ0v) is 8.31. The van der Waals surface area contributed by atoms with Crippen molar-refractivity contribution in [3.05, 3.63) is 22.1 Å². The highest BCUT2D eigenvalue weighted by Gasteiger charge is 2.02. The van der Waals surface area contributed by atoms with Gasteiger partial charge in [-0.2, -0.15) is 0 Å². The summed E-state index contributed by atoms with van der Waals surface area (Å²) in [5.41, 5.74) is 0.823. The normalized spacial score (nSPS) is 10.2. The van der Waals surface area contributed by atoms with Gasteiger partial charge in [-0.05, 0) is 20.1 Å². The summed E-state index contributed by atoms with van der Waals surface area (Å²) in [4.78, 5) is 15.6. The average Bonchev–Trinajstić information content (AvgIpc) is 2.03. The van der Waals surface area contributed by atoms with Crippen LogP contribution in [0.2, 0.25) is 0 Å². The highest BCUT2D eigenvalue weighted by atomic mass is 32.2. The zero-order valence-electron chi connectivity index (χ0n) is 7.50. The lowest BCUT2D eigenvalue weighted by Crippen LogP contribution is -2.21. The lowest BCUT2D eigenvalue weighted by atomic mass is 10.4. The van der Waals surface area contributed by atoms with E-state index in [-0.39, 0.29) is 5.56 Å². The van der Waals surface area contributed by atoms with Crippen molar-refractivity contribution in [2.24, 2.45) is 0 Å². The van der Waals surface area contributed by atoms with E-state index in [9.17, 15) is 4.79 Å². The van der Waals surface area contributed by atoms with Crippen LogP contribution in [0.25, 0.3) is 0 Å². The number of rotatable bonds is 2. The number of aromatic nitrogens is 2. The molecule has 0 saturated carbocycles.